The molecule has 0 atom stereocenters. The van der Waals surface area contributed by atoms with Crippen molar-refractivity contribution in [1.82, 2.24) is 9.80 Å². The van der Waals surface area contributed by atoms with Crippen LogP contribution in [0.15, 0.2) is 129 Å². The summed E-state index contributed by atoms with van der Waals surface area (Å²) >= 11 is 12.3. The lowest BCUT2D eigenvalue weighted by molar-refractivity contribution is 0.312. The maximum atomic E-state index is 5.55. The molecule has 440 valence electrons. The number of para-hydroxylation sites is 2. The fourth-order valence-electron chi connectivity index (χ4n) is 7.37. The minimum atomic E-state index is -1.36. The molecule has 2 saturated heterocycles. The number of nitrogens with two attached hydrogens (primary N) is 2. The Balaban J connectivity index is 0.000000265. The molecule has 12 nitrogen and oxygen atoms in total. The highest BCUT2D eigenvalue weighted by molar-refractivity contribution is 14.1. The Hall–Kier alpha value is -5.48. The van der Waals surface area contributed by atoms with Crippen molar-refractivity contribution >= 4 is 109 Å². The minimum absolute atomic E-state index is 0.658. The number of ether oxygens (including phenoxy) is 6. The molecule has 6 aromatic rings. The van der Waals surface area contributed by atoms with E-state index in [-0.39, 0.29) is 0 Å². The second kappa shape index (κ2) is 36.3. The molecule has 0 aliphatic carbocycles. The van der Waals surface area contributed by atoms with E-state index in [1.54, 1.807) is 54.8 Å². The number of anilines is 4. The van der Waals surface area contributed by atoms with Gasteiger partial charge < -0.3 is 59.5 Å². The second-order valence-electron chi connectivity index (χ2n) is 20.7. The number of likely N-dealkylation sites (N-methyl/N-ethyl adjacent to an activating group) is 2. The molecule has 6 aromatic carbocycles. The van der Waals surface area contributed by atoms with Crippen LogP contribution < -0.4 is 49.7 Å². The van der Waals surface area contributed by atoms with Gasteiger partial charge >= 0.3 is 0 Å². The smallest absolute Gasteiger partial charge is 0.142 e. The fourth-order valence-corrected chi connectivity index (χ4v) is 9.96. The number of hydrogen-bond donors (Lipinski definition) is 2. The molecule has 0 amide bonds. The van der Waals surface area contributed by atoms with Crippen LogP contribution in [-0.2, 0) is 0 Å². The van der Waals surface area contributed by atoms with Gasteiger partial charge in [0.25, 0.3) is 0 Å². The molecule has 2 fully saturated rings. The zero-order chi connectivity index (χ0) is 61.0. The molecular formula is C64H82Br3IN6O6Si2. The standard InChI is InChI=1S/C17H26N2OSi.C14H18N2O.C12H15BrOSi.C7H6BrIO.C7H8BrNO.C7H9NO/c1-18-9-11-19(12-10-18)16-7-6-15(17(14-16)20-2)8-13-21(3,4)5;1-4-12-5-6-13(11-14(12)17-3)16-9-7-15(2)8-10-16;1-14-12-9-11(13)6-5-10(12)7-8-15(2,3)4;2*1-10-7-4-5(8)2-3-6(7)9;1-9-7-5-3-2-4-6(7)8/h6-7,14H,9-12H2,1-5H3;1,5-6,11H,7-10H2,2-3H3;5-6,9H,1-4H3;2-4H,1H3;2-4H,9H2,1H3;2-5H,8H2,1H3. The molecule has 0 spiro atoms. The Bertz CT molecular complexity index is 3060. The van der Waals surface area contributed by atoms with E-state index in [1.807, 2.05) is 78.9 Å². The van der Waals surface area contributed by atoms with Gasteiger partial charge in [-0.05, 0) is 128 Å². The molecule has 0 radical (unpaired) electrons. The summed E-state index contributed by atoms with van der Waals surface area (Å²) in [4.78, 5) is 9.48. The molecule has 8 rings (SSSR count). The van der Waals surface area contributed by atoms with E-state index >= 15 is 0 Å². The number of piperazine rings is 2. The third-order valence-electron chi connectivity index (χ3n) is 12.0. The maximum Gasteiger partial charge on any atom is 0.142 e. The summed E-state index contributed by atoms with van der Waals surface area (Å²) < 4.78 is 35.3. The van der Waals surface area contributed by atoms with Crippen LogP contribution in [0.5, 0.6) is 34.5 Å². The van der Waals surface area contributed by atoms with Gasteiger partial charge in [0.1, 0.15) is 50.6 Å². The molecule has 2 aliphatic heterocycles. The third kappa shape index (κ3) is 26.0. The van der Waals surface area contributed by atoms with E-state index in [9.17, 15) is 0 Å². The quantitative estimate of drug-likeness (QED) is 0.0653. The first kappa shape index (κ1) is 70.8. The number of terminal acetylenes is 1. The van der Waals surface area contributed by atoms with Crippen molar-refractivity contribution in [3.05, 3.63) is 149 Å². The molecule has 0 aromatic heterocycles. The Morgan fingerprint density at radius 3 is 1.18 bits per heavy atom. The molecule has 2 aliphatic rings. The Morgan fingerprint density at radius 1 is 0.439 bits per heavy atom. The summed E-state index contributed by atoms with van der Waals surface area (Å²) in [5.41, 5.74) is 24.3. The lowest BCUT2D eigenvalue weighted by atomic mass is 10.1. The van der Waals surface area contributed by atoms with Gasteiger partial charge in [-0.15, -0.1) is 17.5 Å². The van der Waals surface area contributed by atoms with E-state index in [0.717, 1.165) is 115 Å². The minimum Gasteiger partial charge on any atom is -0.496 e. The van der Waals surface area contributed by atoms with Crippen molar-refractivity contribution in [1.29, 1.82) is 0 Å². The molecule has 2 heterocycles. The number of rotatable bonds is 8. The van der Waals surface area contributed by atoms with Crippen molar-refractivity contribution < 1.29 is 28.4 Å². The Labute approximate surface area is 531 Å². The van der Waals surface area contributed by atoms with Crippen LogP contribution in [0.25, 0.3) is 0 Å². The summed E-state index contributed by atoms with van der Waals surface area (Å²) in [6.07, 6.45) is 5.42. The molecule has 4 N–H and O–H groups in total. The summed E-state index contributed by atoms with van der Waals surface area (Å²) in [6, 6.07) is 37.2. The van der Waals surface area contributed by atoms with Crippen molar-refractivity contribution in [2.75, 3.05) is 130 Å². The monoisotopic (exact) mass is 1450 g/mol. The van der Waals surface area contributed by atoms with Crippen molar-refractivity contribution in [3.63, 3.8) is 0 Å². The second-order valence-corrected chi connectivity index (χ2v) is 34.2. The maximum absolute atomic E-state index is 5.55. The summed E-state index contributed by atoms with van der Waals surface area (Å²) in [5.74, 6) is 14.0. The van der Waals surface area contributed by atoms with Gasteiger partial charge in [-0.1, -0.05) is 117 Å². The van der Waals surface area contributed by atoms with E-state index in [1.165, 1.54) is 11.4 Å². The van der Waals surface area contributed by atoms with Gasteiger partial charge in [-0.3, -0.25) is 0 Å². The molecular weight excluding hydrogens is 1370 g/mol. The van der Waals surface area contributed by atoms with Crippen molar-refractivity contribution in [3.8, 4) is 69.8 Å². The first-order valence-electron chi connectivity index (χ1n) is 26.4. The van der Waals surface area contributed by atoms with Crippen molar-refractivity contribution in [2.24, 2.45) is 0 Å². The largest absolute Gasteiger partial charge is 0.496 e. The predicted molar refractivity (Wildman–Crippen MR) is 370 cm³/mol. The first-order valence-corrected chi connectivity index (χ1v) is 36.9. The lowest BCUT2D eigenvalue weighted by Gasteiger charge is -2.34. The number of hydrogen-bond acceptors (Lipinski definition) is 12. The number of nitrogen functional groups attached to an aromatic ring is 2. The van der Waals surface area contributed by atoms with Gasteiger partial charge in [0.2, 0.25) is 0 Å². The highest BCUT2D eigenvalue weighted by atomic mass is 127. The summed E-state index contributed by atoms with van der Waals surface area (Å²) in [6.45, 7) is 22.1. The van der Waals surface area contributed by atoms with E-state index in [0.29, 0.717) is 17.1 Å². The summed E-state index contributed by atoms with van der Waals surface area (Å²) in [5, 5.41) is 0. The molecule has 82 heavy (non-hydrogen) atoms. The zero-order valence-corrected chi connectivity index (χ0v) is 59.0. The normalized spacial score (nSPS) is 12.8. The van der Waals surface area contributed by atoms with Gasteiger partial charge in [-0.2, -0.15) is 0 Å². The third-order valence-corrected chi connectivity index (χ3v) is 16.1. The fraction of sp³-hybridized carbons (Fsp3) is 0.344. The Kier molecular flexibility index (Phi) is 31.3. The first-order chi connectivity index (χ1) is 38.9. The van der Waals surface area contributed by atoms with Crippen LogP contribution in [-0.4, -0.2) is 135 Å². The summed E-state index contributed by atoms with van der Waals surface area (Å²) in [7, 11) is 11.6. The predicted octanol–water partition coefficient (Wildman–Crippen LogP) is 14.2. The number of halogens is 4. The highest BCUT2D eigenvalue weighted by Gasteiger charge is 2.18. The van der Waals surface area contributed by atoms with E-state index in [4.69, 9.17) is 46.3 Å². The van der Waals surface area contributed by atoms with Crippen LogP contribution in [0, 0.1) is 38.8 Å². The van der Waals surface area contributed by atoms with Crippen LogP contribution >= 0.6 is 70.4 Å². The van der Waals surface area contributed by atoms with Crippen LogP contribution in [0.4, 0.5) is 22.7 Å². The average Bonchev–Trinajstić information content (AvgIpc) is 3.53. The molecule has 0 bridgehead atoms. The van der Waals surface area contributed by atoms with Crippen LogP contribution in [0.2, 0.25) is 39.3 Å². The average molecular weight is 1450 g/mol. The lowest BCUT2D eigenvalue weighted by Crippen LogP contribution is -2.44. The SMILES string of the molecule is C#Cc1ccc(N2CCN(C)CC2)cc1OC.COc1cc(Br)ccc1C#C[Si](C)(C)C.COc1cc(Br)ccc1I.COc1cc(Br)ccc1N.COc1cc(N2CCN(C)CC2)ccc1C#C[Si](C)(C)C.COc1ccccc1N. The van der Waals surface area contributed by atoms with Gasteiger partial charge in [0.05, 0.1) is 74.3 Å². The highest BCUT2D eigenvalue weighted by Crippen LogP contribution is 2.29. The van der Waals surface area contributed by atoms with Gasteiger partial charge in [0.15, 0.2) is 0 Å². The number of methoxy groups -OCH3 is 6. The molecule has 0 unspecified atom stereocenters. The Morgan fingerprint density at radius 2 is 0.793 bits per heavy atom. The number of nitrogens with zero attached hydrogens (tertiary/aromatic N) is 4. The van der Waals surface area contributed by atoms with E-state index < -0.39 is 16.1 Å². The molecule has 18 heteroatoms. The topological polar surface area (TPSA) is 120 Å². The van der Waals surface area contributed by atoms with Gasteiger partial charge in [-0.25, -0.2) is 0 Å². The zero-order valence-electron chi connectivity index (χ0n) is 50.1. The molecule has 0 saturated carbocycles. The van der Waals surface area contributed by atoms with E-state index in [2.05, 4.69) is 196 Å². The van der Waals surface area contributed by atoms with Crippen LogP contribution in [0.3, 0.4) is 0 Å². The number of benzene rings is 6. The van der Waals surface area contributed by atoms with Gasteiger partial charge in [0, 0.05) is 89.3 Å². The van der Waals surface area contributed by atoms with Crippen LogP contribution in [0.1, 0.15) is 16.7 Å². The van der Waals surface area contributed by atoms with Crippen molar-refractivity contribution in [2.45, 2.75) is 39.3 Å².